The van der Waals surface area contributed by atoms with Gasteiger partial charge in [-0.25, -0.2) is 13.2 Å². The summed E-state index contributed by atoms with van der Waals surface area (Å²) in [5.41, 5.74) is 6.17. The predicted octanol–water partition coefficient (Wildman–Crippen LogP) is 7.45. The maximum atomic E-state index is 14.8. The van der Waals surface area contributed by atoms with Crippen molar-refractivity contribution in [2.45, 2.75) is 64.2 Å². The van der Waals surface area contributed by atoms with E-state index in [9.17, 15) is 13.2 Å². The second-order valence-electron chi connectivity index (χ2n) is 9.23. The minimum atomic E-state index is -0.666. The smallest absolute Gasteiger partial charge is 0.146 e. The lowest BCUT2D eigenvalue weighted by molar-refractivity contribution is 0.165. The number of rotatable bonds is 3. The Labute approximate surface area is 171 Å². The summed E-state index contributed by atoms with van der Waals surface area (Å²) in [4.78, 5) is 0. The fourth-order valence-corrected chi connectivity index (χ4v) is 5.47. The monoisotopic (exact) mass is 401 g/mol. The normalized spacial score (nSPS) is 27.7. The Hall–Kier alpha value is -1.97. The van der Waals surface area contributed by atoms with Crippen LogP contribution in [0.3, 0.4) is 0 Å². The molecule has 2 fully saturated rings. The van der Waals surface area contributed by atoms with E-state index in [2.05, 4.69) is 6.92 Å². The van der Waals surface area contributed by atoms with E-state index >= 15 is 0 Å². The number of anilines is 1. The molecule has 2 aromatic rings. The summed E-state index contributed by atoms with van der Waals surface area (Å²) < 4.78 is 43.3. The van der Waals surface area contributed by atoms with Crippen molar-refractivity contribution >= 4 is 5.69 Å². The summed E-state index contributed by atoms with van der Waals surface area (Å²) in [5.74, 6) is 0.742. The van der Waals surface area contributed by atoms with Gasteiger partial charge < -0.3 is 5.73 Å². The topological polar surface area (TPSA) is 26.0 Å². The van der Waals surface area contributed by atoms with E-state index < -0.39 is 17.5 Å². The van der Waals surface area contributed by atoms with Gasteiger partial charge in [-0.15, -0.1) is 0 Å². The van der Waals surface area contributed by atoms with Crippen molar-refractivity contribution in [2.24, 2.45) is 17.8 Å². The number of hydrogen-bond acceptors (Lipinski definition) is 1. The van der Waals surface area contributed by atoms with E-state index in [1.165, 1.54) is 49.9 Å². The second-order valence-corrected chi connectivity index (χ2v) is 9.23. The number of halogens is 3. The molecule has 0 unspecified atom stereocenters. The summed E-state index contributed by atoms with van der Waals surface area (Å²) in [6.45, 7) is 2.35. The SMILES string of the molecule is CC1CCC(C2CCC(c3cc(F)c(-c4ccc(N)c(F)c4)c(F)c3)CC2)CC1. The molecule has 0 bridgehead atoms. The Kier molecular flexibility index (Phi) is 5.89. The molecule has 4 rings (SSSR count). The third-order valence-corrected chi connectivity index (χ3v) is 7.32. The molecular weight excluding hydrogens is 371 g/mol. The van der Waals surface area contributed by atoms with Crippen LogP contribution in [0, 0.1) is 35.2 Å². The second kappa shape index (κ2) is 8.41. The lowest BCUT2D eigenvalue weighted by atomic mass is 9.68. The lowest BCUT2D eigenvalue weighted by Gasteiger charge is -2.37. The Morgan fingerprint density at radius 3 is 1.83 bits per heavy atom. The maximum absolute atomic E-state index is 14.8. The molecule has 0 aromatic heterocycles. The molecule has 0 atom stereocenters. The van der Waals surface area contributed by atoms with E-state index in [-0.39, 0.29) is 22.7 Å². The zero-order chi connectivity index (χ0) is 20.5. The summed E-state index contributed by atoms with van der Waals surface area (Å²) in [5, 5.41) is 0. The van der Waals surface area contributed by atoms with Crippen LogP contribution in [0.5, 0.6) is 0 Å². The summed E-state index contributed by atoms with van der Waals surface area (Å²) in [6.07, 6.45) is 9.65. The number of benzene rings is 2. The van der Waals surface area contributed by atoms with Crippen LogP contribution in [-0.4, -0.2) is 0 Å². The van der Waals surface area contributed by atoms with Crippen molar-refractivity contribution in [3.63, 3.8) is 0 Å². The first kappa shape index (κ1) is 20.3. The largest absolute Gasteiger partial charge is 0.396 e. The average Bonchev–Trinajstić information content (AvgIpc) is 2.71. The van der Waals surface area contributed by atoms with E-state index in [4.69, 9.17) is 5.73 Å². The zero-order valence-corrected chi connectivity index (χ0v) is 17.1. The number of hydrogen-bond donors (Lipinski definition) is 1. The van der Waals surface area contributed by atoms with Crippen LogP contribution in [0.4, 0.5) is 18.9 Å². The quantitative estimate of drug-likeness (QED) is 0.531. The average molecular weight is 402 g/mol. The van der Waals surface area contributed by atoms with Crippen LogP contribution in [-0.2, 0) is 0 Å². The van der Waals surface area contributed by atoms with Crippen LogP contribution in [0.2, 0.25) is 0 Å². The predicted molar refractivity (Wildman–Crippen MR) is 112 cm³/mol. The van der Waals surface area contributed by atoms with Gasteiger partial charge in [-0.2, -0.15) is 0 Å². The standard InChI is InChI=1S/C25H30F3N/c1-15-2-4-16(5-3-15)17-6-8-18(9-7-17)20-13-22(27)25(23(28)14-20)19-10-11-24(29)21(26)12-19/h10-18H,2-9,29H2,1H3. The molecular formula is C25H30F3N. The van der Waals surface area contributed by atoms with Crippen molar-refractivity contribution < 1.29 is 13.2 Å². The molecule has 156 valence electrons. The third-order valence-electron chi connectivity index (χ3n) is 7.32. The molecule has 0 amide bonds. The van der Waals surface area contributed by atoms with Gasteiger partial charge in [-0.1, -0.05) is 25.8 Å². The minimum absolute atomic E-state index is 0.0321. The van der Waals surface area contributed by atoms with Crippen molar-refractivity contribution in [2.75, 3.05) is 5.73 Å². The highest BCUT2D eigenvalue weighted by molar-refractivity contribution is 5.67. The van der Waals surface area contributed by atoms with Crippen molar-refractivity contribution in [1.29, 1.82) is 0 Å². The van der Waals surface area contributed by atoms with Gasteiger partial charge in [0.05, 0.1) is 11.3 Å². The molecule has 0 saturated heterocycles. The highest BCUT2D eigenvalue weighted by atomic mass is 19.1. The van der Waals surface area contributed by atoms with E-state index in [0.29, 0.717) is 0 Å². The van der Waals surface area contributed by atoms with Gasteiger partial charge in [0, 0.05) is 0 Å². The van der Waals surface area contributed by atoms with Crippen molar-refractivity contribution in [3.8, 4) is 11.1 Å². The van der Waals surface area contributed by atoms with E-state index in [0.717, 1.165) is 55.1 Å². The van der Waals surface area contributed by atoms with Gasteiger partial charge in [0.15, 0.2) is 0 Å². The van der Waals surface area contributed by atoms with Crippen LogP contribution in [0.1, 0.15) is 69.8 Å². The molecule has 2 N–H and O–H groups in total. The first-order valence-electron chi connectivity index (χ1n) is 11.0. The number of nitrogens with two attached hydrogens (primary N) is 1. The first-order chi connectivity index (χ1) is 13.9. The first-order valence-corrected chi connectivity index (χ1v) is 11.0. The molecule has 2 aliphatic carbocycles. The fraction of sp³-hybridized carbons (Fsp3) is 0.520. The molecule has 2 aliphatic rings. The molecule has 0 radical (unpaired) electrons. The molecule has 4 heteroatoms. The molecule has 0 spiro atoms. The molecule has 1 nitrogen and oxygen atoms in total. The summed E-state index contributed by atoms with van der Waals surface area (Å²) in [6, 6.07) is 6.77. The molecule has 2 aromatic carbocycles. The number of nitrogen functional groups attached to an aromatic ring is 1. The van der Waals surface area contributed by atoms with Crippen LogP contribution in [0.15, 0.2) is 30.3 Å². The minimum Gasteiger partial charge on any atom is -0.396 e. The Bertz CT molecular complexity index is 839. The van der Waals surface area contributed by atoms with Crippen LogP contribution >= 0.6 is 0 Å². The van der Waals surface area contributed by atoms with Crippen LogP contribution < -0.4 is 5.73 Å². The molecule has 0 heterocycles. The lowest BCUT2D eigenvalue weighted by Crippen LogP contribution is -2.24. The van der Waals surface area contributed by atoms with E-state index in [1.54, 1.807) is 0 Å². The van der Waals surface area contributed by atoms with E-state index in [1.807, 2.05) is 0 Å². The van der Waals surface area contributed by atoms with Crippen LogP contribution in [0.25, 0.3) is 11.1 Å². The van der Waals surface area contributed by atoms with Crippen molar-refractivity contribution in [1.82, 2.24) is 0 Å². The highest BCUT2D eigenvalue weighted by Gasteiger charge is 2.31. The van der Waals surface area contributed by atoms with Gasteiger partial charge in [0.25, 0.3) is 0 Å². The Morgan fingerprint density at radius 2 is 1.28 bits per heavy atom. The molecule has 0 aliphatic heterocycles. The Morgan fingerprint density at radius 1 is 0.724 bits per heavy atom. The van der Waals surface area contributed by atoms with Crippen molar-refractivity contribution in [3.05, 3.63) is 53.3 Å². The summed E-state index contributed by atoms with van der Waals surface area (Å²) in [7, 11) is 0. The van der Waals surface area contributed by atoms with Gasteiger partial charge in [-0.3, -0.25) is 0 Å². The third kappa shape index (κ3) is 4.31. The Balaban J connectivity index is 1.47. The van der Waals surface area contributed by atoms with Gasteiger partial charge in [-0.05, 0) is 97.6 Å². The maximum Gasteiger partial charge on any atom is 0.146 e. The molecule has 29 heavy (non-hydrogen) atoms. The molecule has 2 saturated carbocycles. The van der Waals surface area contributed by atoms with Gasteiger partial charge in [0.1, 0.15) is 17.5 Å². The zero-order valence-electron chi connectivity index (χ0n) is 17.1. The van der Waals surface area contributed by atoms with Gasteiger partial charge >= 0.3 is 0 Å². The summed E-state index contributed by atoms with van der Waals surface area (Å²) >= 11 is 0. The fourth-order valence-electron chi connectivity index (χ4n) is 5.47. The highest BCUT2D eigenvalue weighted by Crippen LogP contribution is 2.44. The van der Waals surface area contributed by atoms with Gasteiger partial charge in [0.2, 0.25) is 0 Å².